The Labute approximate surface area is 123 Å². The third kappa shape index (κ3) is 3.65. The van der Waals surface area contributed by atoms with E-state index in [0.29, 0.717) is 17.7 Å². The Kier molecular flexibility index (Phi) is 6.02. The molecule has 0 fully saturated rings. The summed E-state index contributed by atoms with van der Waals surface area (Å²) in [6.07, 6.45) is 0.943. The molecule has 0 amide bonds. The molecule has 6 nitrogen and oxygen atoms in total. The minimum atomic E-state index is -1.10. The van der Waals surface area contributed by atoms with E-state index in [1.54, 1.807) is 6.92 Å². The molecule has 21 heavy (non-hydrogen) atoms. The van der Waals surface area contributed by atoms with Crippen LogP contribution in [0.2, 0.25) is 0 Å². The van der Waals surface area contributed by atoms with Crippen LogP contribution in [0.1, 0.15) is 35.7 Å². The van der Waals surface area contributed by atoms with Crippen molar-refractivity contribution in [3.63, 3.8) is 0 Å². The molecule has 1 rings (SSSR count). The molecule has 0 bridgehead atoms. The van der Waals surface area contributed by atoms with E-state index in [0.717, 1.165) is 0 Å². The van der Waals surface area contributed by atoms with Crippen molar-refractivity contribution in [1.29, 1.82) is 0 Å². The Morgan fingerprint density at radius 1 is 1.10 bits per heavy atom. The second-order valence-electron chi connectivity index (χ2n) is 4.37. The number of Topliss-reactive ketones (excluding diaryl/α,β-unsaturated/α-hetero) is 1. The highest BCUT2D eigenvalue weighted by atomic mass is 16.5. The van der Waals surface area contributed by atoms with Crippen molar-refractivity contribution >= 4 is 11.8 Å². The van der Waals surface area contributed by atoms with E-state index in [-0.39, 0.29) is 35.7 Å². The average Bonchev–Trinajstić information content (AvgIpc) is 2.50. The fraction of sp³-hybridized carbons (Fsp3) is 0.467. The monoisotopic (exact) mass is 296 g/mol. The molecule has 0 aliphatic rings. The zero-order chi connectivity index (χ0) is 16.0. The smallest absolute Gasteiger partial charge is 0.336 e. The molecule has 0 atom stereocenters. The van der Waals surface area contributed by atoms with Gasteiger partial charge in [-0.25, -0.2) is 4.79 Å². The number of rotatable bonds is 8. The van der Waals surface area contributed by atoms with Crippen molar-refractivity contribution in [2.75, 3.05) is 21.3 Å². The molecule has 0 aliphatic heterocycles. The molecule has 0 aromatic heterocycles. The predicted octanol–water partition coefficient (Wildman–Crippen LogP) is 2.32. The quantitative estimate of drug-likeness (QED) is 0.792. The molecule has 0 heterocycles. The first-order valence-corrected chi connectivity index (χ1v) is 6.56. The number of hydrogen-bond acceptors (Lipinski definition) is 5. The number of carboxylic acids is 1. The van der Waals surface area contributed by atoms with Gasteiger partial charge in [-0.15, -0.1) is 0 Å². The van der Waals surface area contributed by atoms with Crippen LogP contribution in [0.15, 0.2) is 6.07 Å². The number of aromatic carboxylic acids is 1. The summed E-state index contributed by atoms with van der Waals surface area (Å²) in [4.78, 5) is 22.9. The number of benzene rings is 1. The fourth-order valence-corrected chi connectivity index (χ4v) is 2.10. The topological polar surface area (TPSA) is 82.1 Å². The molecule has 0 unspecified atom stereocenters. The van der Waals surface area contributed by atoms with Gasteiger partial charge in [0, 0.05) is 18.4 Å². The van der Waals surface area contributed by atoms with E-state index in [1.807, 2.05) is 0 Å². The first-order valence-electron chi connectivity index (χ1n) is 6.56. The summed E-state index contributed by atoms with van der Waals surface area (Å²) in [5, 5.41) is 9.35. The lowest BCUT2D eigenvalue weighted by atomic mass is 9.98. The summed E-state index contributed by atoms with van der Waals surface area (Å²) in [5.41, 5.74) is 0.484. The van der Waals surface area contributed by atoms with E-state index in [9.17, 15) is 14.7 Å². The lowest BCUT2D eigenvalue weighted by Gasteiger charge is -2.18. The zero-order valence-corrected chi connectivity index (χ0v) is 12.7. The maximum absolute atomic E-state index is 11.5. The summed E-state index contributed by atoms with van der Waals surface area (Å²) < 4.78 is 15.7. The molecule has 0 aliphatic carbocycles. The average molecular weight is 296 g/mol. The molecule has 1 aromatic carbocycles. The molecule has 0 spiro atoms. The van der Waals surface area contributed by atoms with Crippen molar-refractivity contribution in [2.45, 2.75) is 26.2 Å². The van der Waals surface area contributed by atoms with Crippen molar-refractivity contribution < 1.29 is 28.9 Å². The molecule has 0 saturated heterocycles. The van der Waals surface area contributed by atoms with Crippen molar-refractivity contribution in [3.8, 4) is 17.2 Å². The van der Waals surface area contributed by atoms with E-state index < -0.39 is 5.97 Å². The van der Waals surface area contributed by atoms with Crippen LogP contribution >= 0.6 is 0 Å². The van der Waals surface area contributed by atoms with Gasteiger partial charge in [0.2, 0.25) is 5.75 Å². The minimum absolute atomic E-state index is 0.0494. The molecule has 116 valence electrons. The molecular formula is C15H20O6. The number of carboxylic acid groups (broad SMARTS) is 1. The minimum Gasteiger partial charge on any atom is -0.493 e. The summed E-state index contributed by atoms with van der Waals surface area (Å²) >= 11 is 0. The number of methoxy groups -OCH3 is 3. The Bertz CT molecular complexity index is 535. The van der Waals surface area contributed by atoms with Crippen molar-refractivity contribution in [2.24, 2.45) is 0 Å². The van der Waals surface area contributed by atoms with Crippen LogP contribution in [0, 0.1) is 0 Å². The van der Waals surface area contributed by atoms with Crippen molar-refractivity contribution in [3.05, 3.63) is 17.2 Å². The van der Waals surface area contributed by atoms with Crippen LogP contribution in [0.4, 0.5) is 0 Å². The van der Waals surface area contributed by atoms with E-state index in [1.165, 1.54) is 27.4 Å². The van der Waals surface area contributed by atoms with Gasteiger partial charge < -0.3 is 19.3 Å². The lowest BCUT2D eigenvalue weighted by molar-refractivity contribution is -0.118. The maximum atomic E-state index is 11.5. The summed E-state index contributed by atoms with van der Waals surface area (Å²) in [5.74, 6) is -0.157. The van der Waals surface area contributed by atoms with Crippen molar-refractivity contribution in [1.82, 2.24) is 0 Å². The normalized spacial score (nSPS) is 10.1. The lowest BCUT2D eigenvalue weighted by Crippen LogP contribution is -2.09. The van der Waals surface area contributed by atoms with Crippen LogP contribution in [-0.2, 0) is 11.2 Å². The van der Waals surface area contributed by atoms with E-state index in [2.05, 4.69) is 0 Å². The Morgan fingerprint density at radius 2 is 1.71 bits per heavy atom. The molecule has 0 radical (unpaired) electrons. The number of carbonyl (C=O) groups is 2. The van der Waals surface area contributed by atoms with Gasteiger partial charge in [0.1, 0.15) is 5.78 Å². The van der Waals surface area contributed by atoms with Gasteiger partial charge in [-0.1, -0.05) is 6.92 Å². The third-order valence-corrected chi connectivity index (χ3v) is 3.21. The molecule has 1 N–H and O–H groups in total. The van der Waals surface area contributed by atoms with E-state index in [4.69, 9.17) is 14.2 Å². The standard InChI is InChI=1S/C15H20O6/c1-5-9(16)6-7-10-11(15(17)18)8-12(19-2)14(21-4)13(10)20-3/h8H,5-7H2,1-4H3,(H,17,18). The first kappa shape index (κ1) is 16.8. The summed E-state index contributed by atoms with van der Waals surface area (Å²) in [6, 6.07) is 1.38. The van der Waals surface area contributed by atoms with Gasteiger partial charge in [-0.2, -0.15) is 0 Å². The zero-order valence-electron chi connectivity index (χ0n) is 12.7. The number of carbonyl (C=O) groups excluding carboxylic acids is 1. The largest absolute Gasteiger partial charge is 0.493 e. The predicted molar refractivity (Wildman–Crippen MR) is 76.7 cm³/mol. The molecule has 0 saturated carbocycles. The van der Waals surface area contributed by atoms with Gasteiger partial charge in [-0.3, -0.25) is 4.79 Å². The molecular weight excluding hydrogens is 276 g/mol. The SMILES string of the molecule is CCC(=O)CCc1c(C(=O)O)cc(OC)c(OC)c1OC. The summed E-state index contributed by atoms with van der Waals surface area (Å²) in [6.45, 7) is 1.77. The third-order valence-electron chi connectivity index (χ3n) is 3.21. The van der Waals surface area contributed by atoms with Crippen LogP contribution in [0.25, 0.3) is 0 Å². The van der Waals surface area contributed by atoms with Gasteiger partial charge in [0.25, 0.3) is 0 Å². The second kappa shape index (κ2) is 7.52. The van der Waals surface area contributed by atoms with Crippen LogP contribution in [0.5, 0.6) is 17.2 Å². The second-order valence-corrected chi connectivity index (χ2v) is 4.37. The first-order chi connectivity index (χ1) is 9.99. The van der Waals surface area contributed by atoms with Crippen LogP contribution in [0.3, 0.4) is 0 Å². The van der Waals surface area contributed by atoms with Gasteiger partial charge in [-0.05, 0) is 12.5 Å². The summed E-state index contributed by atoms with van der Waals surface area (Å²) in [7, 11) is 4.29. The van der Waals surface area contributed by atoms with Crippen LogP contribution in [-0.4, -0.2) is 38.2 Å². The number of ketones is 1. The fourth-order valence-electron chi connectivity index (χ4n) is 2.10. The molecule has 1 aromatic rings. The molecule has 6 heteroatoms. The maximum Gasteiger partial charge on any atom is 0.336 e. The van der Waals surface area contributed by atoms with Gasteiger partial charge in [0.05, 0.1) is 26.9 Å². The van der Waals surface area contributed by atoms with Gasteiger partial charge >= 0.3 is 5.97 Å². The highest BCUT2D eigenvalue weighted by Crippen LogP contribution is 2.42. The highest BCUT2D eigenvalue weighted by molar-refractivity contribution is 5.92. The Morgan fingerprint density at radius 3 is 2.14 bits per heavy atom. The van der Waals surface area contributed by atoms with Crippen LogP contribution < -0.4 is 14.2 Å². The number of ether oxygens (including phenoxy) is 3. The Balaban J connectivity index is 3.41. The van der Waals surface area contributed by atoms with Gasteiger partial charge in [0.15, 0.2) is 11.5 Å². The van der Waals surface area contributed by atoms with E-state index >= 15 is 0 Å². The highest BCUT2D eigenvalue weighted by Gasteiger charge is 2.24. The number of hydrogen-bond donors (Lipinski definition) is 1. The Hall–Kier alpha value is -2.24.